The van der Waals surface area contributed by atoms with Gasteiger partial charge < -0.3 is 19.8 Å². The Balaban J connectivity index is 1.79. The van der Waals surface area contributed by atoms with Gasteiger partial charge in [0.15, 0.2) is 0 Å². The number of halogens is 3. The van der Waals surface area contributed by atoms with Crippen LogP contribution in [0.4, 0.5) is 18.9 Å². The number of benzene rings is 1. The highest BCUT2D eigenvalue weighted by molar-refractivity contribution is 6.05. The van der Waals surface area contributed by atoms with Gasteiger partial charge in [0.1, 0.15) is 17.1 Å². The first-order valence-corrected chi connectivity index (χ1v) is 8.75. The van der Waals surface area contributed by atoms with Gasteiger partial charge in [-0.1, -0.05) is 6.07 Å². The van der Waals surface area contributed by atoms with Crippen LogP contribution in [0.15, 0.2) is 39.5 Å². The molecule has 0 radical (unpaired) electrons. The first-order valence-electron chi connectivity index (χ1n) is 8.75. The first kappa shape index (κ1) is 19.9. The highest BCUT2D eigenvalue weighted by atomic mass is 19.4. The van der Waals surface area contributed by atoms with E-state index >= 15 is 0 Å². The van der Waals surface area contributed by atoms with Crippen molar-refractivity contribution in [2.24, 2.45) is 0 Å². The number of rotatable bonds is 4. The highest BCUT2D eigenvalue weighted by Gasteiger charge is 2.31. The Bertz CT molecular complexity index is 918. The molecule has 28 heavy (non-hydrogen) atoms. The standard InChI is InChI=1S/C19H19F3N2O4/c1-11-8-15(12-4-3-7-23-10-12)27-18(26)16(11)17(25)24-13-5-2-6-14(9-13)28-19(20,21)22/h2,5-6,8-9,12,23H,3-4,7,10H2,1H3,(H,24,25). The molecule has 1 saturated heterocycles. The van der Waals surface area contributed by atoms with Crippen LogP contribution in [0.1, 0.15) is 40.4 Å². The zero-order chi connectivity index (χ0) is 20.3. The predicted octanol–water partition coefficient (Wildman–Crippen LogP) is 3.57. The average Bonchev–Trinajstić information content (AvgIpc) is 2.60. The summed E-state index contributed by atoms with van der Waals surface area (Å²) in [6, 6.07) is 6.47. The largest absolute Gasteiger partial charge is 0.573 e. The van der Waals surface area contributed by atoms with Gasteiger partial charge in [0.2, 0.25) is 0 Å². The summed E-state index contributed by atoms with van der Waals surface area (Å²) in [5.74, 6) is -0.654. The maximum Gasteiger partial charge on any atom is 0.573 e. The fraction of sp³-hybridized carbons (Fsp3) is 0.368. The van der Waals surface area contributed by atoms with Crippen LogP contribution in [0.25, 0.3) is 0 Å². The van der Waals surface area contributed by atoms with Crippen molar-refractivity contribution in [3.05, 3.63) is 57.6 Å². The molecule has 150 valence electrons. The SMILES string of the molecule is Cc1cc(C2CCCNC2)oc(=O)c1C(=O)Nc1cccc(OC(F)(F)F)c1. The molecule has 9 heteroatoms. The van der Waals surface area contributed by atoms with E-state index in [1.807, 2.05) is 0 Å². The number of anilines is 1. The number of carbonyl (C=O) groups excluding carboxylic acids is 1. The molecule has 3 rings (SSSR count). The van der Waals surface area contributed by atoms with Gasteiger partial charge in [-0.05, 0) is 50.1 Å². The summed E-state index contributed by atoms with van der Waals surface area (Å²) in [6.07, 6.45) is -3.00. The molecule has 1 aromatic carbocycles. The summed E-state index contributed by atoms with van der Waals surface area (Å²) in [5.41, 5.74) is -0.460. The maximum absolute atomic E-state index is 12.5. The van der Waals surface area contributed by atoms with Crippen molar-refractivity contribution in [1.29, 1.82) is 0 Å². The molecular weight excluding hydrogens is 377 g/mol. The van der Waals surface area contributed by atoms with E-state index < -0.39 is 23.6 Å². The van der Waals surface area contributed by atoms with E-state index in [9.17, 15) is 22.8 Å². The fourth-order valence-corrected chi connectivity index (χ4v) is 3.17. The number of hydrogen-bond donors (Lipinski definition) is 2. The van der Waals surface area contributed by atoms with Crippen LogP contribution >= 0.6 is 0 Å². The van der Waals surface area contributed by atoms with Crippen LogP contribution in [0.3, 0.4) is 0 Å². The van der Waals surface area contributed by atoms with Crippen LogP contribution in [-0.2, 0) is 0 Å². The van der Waals surface area contributed by atoms with Gasteiger partial charge in [0.05, 0.1) is 0 Å². The minimum absolute atomic E-state index is 0.0612. The molecule has 1 atom stereocenters. The van der Waals surface area contributed by atoms with Crippen molar-refractivity contribution >= 4 is 11.6 Å². The number of hydrogen-bond acceptors (Lipinski definition) is 5. The molecular formula is C19H19F3N2O4. The number of carbonyl (C=O) groups is 1. The summed E-state index contributed by atoms with van der Waals surface area (Å²) < 4.78 is 46.2. The van der Waals surface area contributed by atoms with Crippen LogP contribution in [0, 0.1) is 6.92 Å². The Morgan fingerprint density at radius 2 is 2.11 bits per heavy atom. The topological polar surface area (TPSA) is 80.6 Å². The van der Waals surface area contributed by atoms with Crippen LogP contribution in [0.5, 0.6) is 5.75 Å². The second-order valence-corrected chi connectivity index (χ2v) is 6.57. The molecule has 0 spiro atoms. The smallest absolute Gasteiger partial charge is 0.427 e. The second-order valence-electron chi connectivity index (χ2n) is 6.57. The second kappa shape index (κ2) is 8.05. The van der Waals surface area contributed by atoms with Gasteiger partial charge in [-0.3, -0.25) is 4.79 Å². The lowest BCUT2D eigenvalue weighted by Crippen LogP contribution is -2.30. The average molecular weight is 396 g/mol. The van der Waals surface area contributed by atoms with E-state index in [0.29, 0.717) is 17.9 Å². The third-order valence-electron chi connectivity index (χ3n) is 4.42. The molecule has 1 amide bonds. The van der Waals surface area contributed by atoms with E-state index in [-0.39, 0.29) is 17.2 Å². The summed E-state index contributed by atoms with van der Waals surface area (Å²) in [5, 5.41) is 5.64. The first-order chi connectivity index (χ1) is 13.2. The number of amides is 1. The maximum atomic E-state index is 12.5. The van der Waals surface area contributed by atoms with E-state index in [0.717, 1.165) is 31.5 Å². The molecule has 1 aliphatic heterocycles. The monoisotopic (exact) mass is 396 g/mol. The van der Waals surface area contributed by atoms with Crippen molar-refractivity contribution in [3.63, 3.8) is 0 Å². The Morgan fingerprint density at radius 3 is 2.75 bits per heavy atom. The minimum atomic E-state index is -4.84. The lowest BCUT2D eigenvalue weighted by Gasteiger charge is -2.22. The normalized spacial score (nSPS) is 17.2. The van der Waals surface area contributed by atoms with E-state index in [4.69, 9.17) is 4.42 Å². The Hall–Kier alpha value is -2.81. The quantitative estimate of drug-likeness (QED) is 0.826. The summed E-state index contributed by atoms with van der Waals surface area (Å²) in [7, 11) is 0. The number of alkyl halides is 3. The molecule has 2 heterocycles. The Kier molecular flexibility index (Phi) is 5.73. The van der Waals surface area contributed by atoms with Gasteiger partial charge in [-0.25, -0.2) is 4.79 Å². The minimum Gasteiger partial charge on any atom is -0.427 e. The fourth-order valence-electron chi connectivity index (χ4n) is 3.17. The van der Waals surface area contributed by atoms with E-state index in [1.165, 1.54) is 12.1 Å². The number of piperidine rings is 1. The number of nitrogens with one attached hydrogen (secondary N) is 2. The summed E-state index contributed by atoms with van der Waals surface area (Å²) in [6.45, 7) is 3.23. The Labute approximate surface area is 158 Å². The van der Waals surface area contributed by atoms with Crippen LogP contribution in [-0.4, -0.2) is 25.4 Å². The zero-order valence-electron chi connectivity index (χ0n) is 15.1. The van der Waals surface area contributed by atoms with Gasteiger partial charge in [0, 0.05) is 24.2 Å². The molecule has 0 saturated carbocycles. The zero-order valence-corrected chi connectivity index (χ0v) is 15.1. The Morgan fingerprint density at radius 1 is 1.32 bits per heavy atom. The number of aryl methyl sites for hydroxylation is 1. The highest BCUT2D eigenvalue weighted by Crippen LogP contribution is 2.26. The van der Waals surface area contributed by atoms with Gasteiger partial charge in [0.25, 0.3) is 5.91 Å². The molecule has 2 aromatic rings. The summed E-state index contributed by atoms with van der Waals surface area (Å²) in [4.78, 5) is 24.9. The molecule has 1 aliphatic rings. The lowest BCUT2D eigenvalue weighted by atomic mass is 9.95. The number of ether oxygens (including phenoxy) is 1. The summed E-state index contributed by atoms with van der Waals surface area (Å²) >= 11 is 0. The van der Waals surface area contributed by atoms with E-state index in [2.05, 4.69) is 15.4 Å². The predicted molar refractivity (Wildman–Crippen MR) is 95.6 cm³/mol. The molecule has 1 aromatic heterocycles. The van der Waals surface area contributed by atoms with Crippen molar-refractivity contribution in [3.8, 4) is 5.75 Å². The van der Waals surface area contributed by atoms with Crippen LogP contribution in [0.2, 0.25) is 0 Å². The lowest BCUT2D eigenvalue weighted by molar-refractivity contribution is -0.274. The van der Waals surface area contributed by atoms with Crippen molar-refractivity contribution in [2.45, 2.75) is 32.0 Å². The van der Waals surface area contributed by atoms with Crippen molar-refractivity contribution < 1.29 is 27.1 Å². The van der Waals surface area contributed by atoms with Crippen LogP contribution < -0.4 is 21.0 Å². The molecule has 1 unspecified atom stereocenters. The van der Waals surface area contributed by atoms with Crippen molar-refractivity contribution in [1.82, 2.24) is 5.32 Å². The molecule has 6 nitrogen and oxygen atoms in total. The third-order valence-corrected chi connectivity index (χ3v) is 4.42. The molecule has 0 aliphatic carbocycles. The molecule has 0 bridgehead atoms. The molecule has 1 fully saturated rings. The van der Waals surface area contributed by atoms with Crippen molar-refractivity contribution in [2.75, 3.05) is 18.4 Å². The van der Waals surface area contributed by atoms with Gasteiger partial charge >= 0.3 is 12.0 Å². The van der Waals surface area contributed by atoms with E-state index in [1.54, 1.807) is 13.0 Å². The molecule has 2 N–H and O–H groups in total. The van der Waals surface area contributed by atoms with Gasteiger partial charge in [-0.2, -0.15) is 0 Å². The van der Waals surface area contributed by atoms with Gasteiger partial charge in [-0.15, -0.1) is 13.2 Å². The third kappa shape index (κ3) is 4.92.